The second-order valence-electron chi connectivity index (χ2n) is 7.05. The minimum absolute atomic E-state index is 0. The van der Waals surface area contributed by atoms with E-state index in [1.54, 1.807) is 35.4 Å². The van der Waals surface area contributed by atoms with E-state index in [1.807, 2.05) is 6.20 Å². The van der Waals surface area contributed by atoms with Gasteiger partial charge in [-0.05, 0) is 49.7 Å². The maximum atomic E-state index is 12.8. The molecule has 2 atom stereocenters. The van der Waals surface area contributed by atoms with Crippen molar-refractivity contribution in [1.82, 2.24) is 19.9 Å². The van der Waals surface area contributed by atoms with E-state index < -0.39 is 0 Å². The first kappa shape index (κ1) is 20.7. The Balaban J connectivity index is 0.00000121. The van der Waals surface area contributed by atoms with Crippen molar-refractivity contribution in [2.45, 2.75) is 44.2 Å². The van der Waals surface area contributed by atoms with Gasteiger partial charge in [-0.1, -0.05) is 6.42 Å². The third-order valence-electron chi connectivity index (χ3n) is 5.45. The lowest BCUT2D eigenvalue weighted by Gasteiger charge is -2.45. The van der Waals surface area contributed by atoms with Crippen LogP contribution in [0, 0.1) is 11.8 Å². The Morgan fingerprint density at radius 1 is 1.19 bits per heavy atom. The van der Waals surface area contributed by atoms with Gasteiger partial charge in [0.15, 0.2) is 0 Å². The molecule has 2 unspecified atom stereocenters. The summed E-state index contributed by atoms with van der Waals surface area (Å²) in [7, 11) is 0. The number of carbonyl (C=O) groups excluding carboxylic acids is 1. The number of nitrogens with zero attached hydrogens (tertiary/aromatic N) is 3. The third-order valence-corrected chi connectivity index (χ3v) is 5.45. The van der Waals surface area contributed by atoms with Crippen LogP contribution in [0.2, 0.25) is 0 Å². The number of halogens is 2. The van der Waals surface area contributed by atoms with Crippen molar-refractivity contribution in [1.29, 1.82) is 0 Å². The highest BCUT2D eigenvalue weighted by Gasteiger charge is 2.39. The Morgan fingerprint density at radius 3 is 2.58 bits per heavy atom. The fraction of sp³-hybridized carbons (Fsp3) is 0.500. The molecule has 0 radical (unpaired) electrons. The molecule has 2 heterocycles. The average Bonchev–Trinajstić information content (AvgIpc) is 3.10. The molecule has 0 aliphatic heterocycles. The van der Waals surface area contributed by atoms with Gasteiger partial charge in [0.1, 0.15) is 12.1 Å². The molecular formula is C18H25Cl2N5O. The number of hydrogen-bond donors (Lipinski definition) is 2. The molecule has 0 spiro atoms. The third kappa shape index (κ3) is 4.19. The predicted octanol–water partition coefficient (Wildman–Crippen LogP) is 2.75. The van der Waals surface area contributed by atoms with Crippen molar-refractivity contribution in [2.75, 3.05) is 0 Å². The first-order chi connectivity index (χ1) is 11.7. The molecule has 6 nitrogen and oxygen atoms in total. The molecule has 2 aliphatic rings. The highest BCUT2D eigenvalue weighted by molar-refractivity contribution is 5.94. The van der Waals surface area contributed by atoms with Gasteiger partial charge in [0.05, 0.1) is 0 Å². The zero-order chi connectivity index (χ0) is 16.5. The standard InChI is InChI=1S/C18H23N5O.2ClH/c19-15-8-12-2-1-3-13(9-15)17(12)22-18(24)14-4-5-21-16(10-14)23-7-6-20-11-23;;/h4-7,10-13,15,17H,1-3,8-9,19H2,(H,22,24);2*1H. The highest BCUT2D eigenvalue weighted by atomic mass is 35.5. The van der Waals surface area contributed by atoms with Crippen molar-refractivity contribution in [3.8, 4) is 5.82 Å². The zero-order valence-corrected chi connectivity index (χ0v) is 16.1. The van der Waals surface area contributed by atoms with Gasteiger partial charge in [-0.25, -0.2) is 9.97 Å². The number of nitrogens with one attached hydrogen (secondary N) is 1. The van der Waals surface area contributed by atoms with E-state index in [9.17, 15) is 4.79 Å². The number of aromatic nitrogens is 3. The molecule has 142 valence electrons. The van der Waals surface area contributed by atoms with Crippen LogP contribution in [0.15, 0.2) is 37.1 Å². The normalized spacial score (nSPS) is 27.0. The summed E-state index contributed by atoms with van der Waals surface area (Å²) in [5.41, 5.74) is 6.81. The van der Waals surface area contributed by atoms with E-state index in [2.05, 4.69) is 15.3 Å². The summed E-state index contributed by atoms with van der Waals surface area (Å²) in [6.45, 7) is 0. The minimum Gasteiger partial charge on any atom is -0.349 e. The van der Waals surface area contributed by atoms with Crippen LogP contribution < -0.4 is 11.1 Å². The Hall–Kier alpha value is -1.63. The van der Waals surface area contributed by atoms with Crippen LogP contribution in [0.3, 0.4) is 0 Å². The summed E-state index contributed by atoms with van der Waals surface area (Å²) in [5, 5.41) is 3.28. The van der Waals surface area contributed by atoms with Gasteiger partial charge in [-0.2, -0.15) is 0 Å². The number of amides is 1. The number of nitrogens with two attached hydrogens (primary N) is 1. The average molecular weight is 398 g/mol. The van der Waals surface area contributed by atoms with Gasteiger partial charge >= 0.3 is 0 Å². The Labute approximate surface area is 165 Å². The van der Waals surface area contributed by atoms with Gasteiger partial charge < -0.3 is 11.1 Å². The van der Waals surface area contributed by atoms with Gasteiger partial charge in [-0.3, -0.25) is 9.36 Å². The molecule has 2 fully saturated rings. The molecule has 4 rings (SSSR count). The van der Waals surface area contributed by atoms with Gasteiger partial charge in [0.25, 0.3) is 5.91 Å². The first-order valence-corrected chi connectivity index (χ1v) is 8.71. The van der Waals surface area contributed by atoms with E-state index in [0.29, 0.717) is 29.3 Å². The monoisotopic (exact) mass is 397 g/mol. The van der Waals surface area contributed by atoms with Crippen molar-refractivity contribution < 1.29 is 4.79 Å². The molecule has 0 aromatic carbocycles. The minimum atomic E-state index is -0.0175. The number of carbonyl (C=O) groups is 1. The number of fused-ring (bicyclic) bond motifs is 2. The smallest absolute Gasteiger partial charge is 0.251 e. The Morgan fingerprint density at radius 2 is 1.92 bits per heavy atom. The van der Waals surface area contributed by atoms with Crippen LogP contribution in [0.1, 0.15) is 42.5 Å². The van der Waals surface area contributed by atoms with E-state index in [-0.39, 0.29) is 36.8 Å². The topological polar surface area (TPSA) is 85.8 Å². The van der Waals surface area contributed by atoms with E-state index in [4.69, 9.17) is 5.73 Å². The summed E-state index contributed by atoms with van der Waals surface area (Å²) in [6, 6.07) is 4.12. The maximum absolute atomic E-state index is 12.8. The summed E-state index contributed by atoms with van der Waals surface area (Å²) in [5.74, 6) is 1.72. The summed E-state index contributed by atoms with van der Waals surface area (Å²) < 4.78 is 1.80. The molecule has 3 N–H and O–H groups in total. The molecule has 2 aliphatic carbocycles. The second kappa shape index (κ2) is 8.84. The van der Waals surface area contributed by atoms with Crippen LogP contribution in [0.4, 0.5) is 0 Å². The molecule has 2 bridgehead atoms. The summed E-state index contributed by atoms with van der Waals surface area (Å²) >= 11 is 0. The van der Waals surface area contributed by atoms with Crippen molar-refractivity contribution in [3.63, 3.8) is 0 Å². The van der Waals surface area contributed by atoms with Crippen LogP contribution in [0.25, 0.3) is 5.82 Å². The Kier molecular flexibility index (Phi) is 7.03. The molecular weight excluding hydrogens is 373 g/mol. The Bertz CT molecular complexity index is 710. The van der Waals surface area contributed by atoms with Gasteiger partial charge in [0.2, 0.25) is 0 Å². The predicted molar refractivity (Wildman–Crippen MR) is 105 cm³/mol. The van der Waals surface area contributed by atoms with Crippen molar-refractivity contribution in [2.24, 2.45) is 17.6 Å². The van der Waals surface area contributed by atoms with Crippen molar-refractivity contribution in [3.05, 3.63) is 42.6 Å². The lowest BCUT2D eigenvalue weighted by Crippen LogP contribution is -2.53. The van der Waals surface area contributed by atoms with E-state index >= 15 is 0 Å². The van der Waals surface area contributed by atoms with Gasteiger partial charge in [0, 0.05) is 36.2 Å². The first-order valence-electron chi connectivity index (χ1n) is 8.71. The molecule has 26 heavy (non-hydrogen) atoms. The lowest BCUT2D eigenvalue weighted by molar-refractivity contribution is 0.0756. The van der Waals surface area contributed by atoms with Gasteiger partial charge in [-0.15, -0.1) is 24.8 Å². The van der Waals surface area contributed by atoms with Crippen LogP contribution in [-0.2, 0) is 0 Å². The zero-order valence-electron chi connectivity index (χ0n) is 14.5. The van der Waals surface area contributed by atoms with Crippen LogP contribution in [0.5, 0.6) is 0 Å². The second-order valence-corrected chi connectivity index (χ2v) is 7.05. The van der Waals surface area contributed by atoms with Crippen LogP contribution >= 0.6 is 24.8 Å². The van der Waals surface area contributed by atoms with E-state index in [0.717, 1.165) is 12.8 Å². The molecule has 1 amide bonds. The maximum Gasteiger partial charge on any atom is 0.251 e. The number of pyridine rings is 1. The summed E-state index contributed by atoms with van der Waals surface area (Å²) in [6.07, 6.45) is 12.5. The number of hydrogen-bond acceptors (Lipinski definition) is 4. The molecule has 0 saturated heterocycles. The summed E-state index contributed by atoms with van der Waals surface area (Å²) in [4.78, 5) is 21.1. The van der Waals surface area contributed by atoms with E-state index in [1.165, 1.54) is 19.3 Å². The fourth-order valence-electron chi connectivity index (χ4n) is 4.36. The largest absolute Gasteiger partial charge is 0.349 e. The fourth-order valence-corrected chi connectivity index (χ4v) is 4.36. The van der Waals surface area contributed by atoms with Crippen molar-refractivity contribution >= 4 is 30.7 Å². The molecule has 2 aromatic heterocycles. The highest BCUT2D eigenvalue weighted by Crippen LogP contribution is 2.39. The SMILES string of the molecule is Cl.Cl.NC1CC2CCCC(C1)C2NC(=O)c1ccnc(-n2ccnc2)c1. The number of rotatable bonds is 3. The lowest BCUT2D eigenvalue weighted by atomic mass is 9.67. The molecule has 2 aromatic rings. The molecule has 8 heteroatoms. The molecule has 2 saturated carbocycles. The van der Waals surface area contributed by atoms with Crippen LogP contribution in [-0.4, -0.2) is 32.5 Å². The number of imidazole rings is 1. The quantitative estimate of drug-likeness (QED) is 0.833.